The minimum atomic E-state index is -0.799. The molecule has 0 unspecified atom stereocenters. The first kappa shape index (κ1) is 18.4. The number of rotatable bonds is 6. The van der Waals surface area contributed by atoms with Gasteiger partial charge in [0.1, 0.15) is 29.2 Å². The van der Waals surface area contributed by atoms with Gasteiger partial charge >= 0.3 is 5.97 Å². The number of carbonyl (C=O) groups is 2. The maximum absolute atomic E-state index is 12.6. The summed E-state index contributed by atoms with van der Waals surface area (Å²) in [5, 5.41) is 9.57. The second kappa shape index (κ2) is 7.20. The van der Waals surface area contributed by atoms with Crippen molar-refractivity contribution in [3.63, 3.8) is 0 Å². The molecule has 139 valence electrons. The number of hydrogen-bond donors (Lipinski definition) is 1. The molecular formula is C20H18NO5S. The largest absolute Gasteiger partial charge is 0.460 e. The van der Waals surface area contributed by atoms with Gasteiger partial charge in [0.15, 0.2) is 0 Å². The van der Waals surface area contributed by atoms with Crippen LogP contribution in [0.25, 0.3) is 4.91 Å². The van der Waals surface area contributed by atoms with Crippen molar-refractivity contribution in [1.82, 2.24) is 4.90 Å². The number of thioether (sulfide) groups is 1. The van der Waals surface area contributed by atoms with E-state index < -0.39 is 18.0 Å². The number of ether oxygens (including phenoxy) is 1. The fourth-order valence-electron chi connectivity index (χ4n) is 3.30. The fourth-order valence-corrected chi connectivity index (χ4v) is 4.87. The number of amides is 1. The molecule has 5 radical (unpaired) electrons. The van der Waals surface area contributed by atoms with Crippen LogP contribution < -0.4 is 0 Å². The first-order valence-corrected chi connectivity index (χ1v) is 9.43. The van der Waals surface area contributed by atoms with Gasteiger partial charge in [-0.1, -0.05) is 24.4 Å². The molecule has 1 N–H and O–H groups in total. The summed E-state index contributed by atoms with van der Waals surface area (Å²) in [6, 6.07) is 3.60. The highest BCUT2D eigenvalue weighted by molar-refractivity contribution is 8.09. The average molecular weight is 384 g/mol. The summed E-state index contributed by atoms with van der Waals surface area (Å²) in [7, 11) is 0. The summed E-state index contributed by atoms with van der Waals surface area (Å²) >= 11 is 1.34. The van der Waals surface area contributed by atoms with Crippen molar-refractivity contribution in [3.8, 4) is 0 Å². The van der Waals surface area contributed by atoms with Gasteiger partial charge in [-0.3, -0.25) is 9.69 Å². The van der Waals surface area contributed by atoms with E-state index in [-0.39, 0.29) is 23.6 Å². The zero-order valence-corrected chi connectivity index (χ0v) is 15.4. The van der Waals surface area contributed by atoms with Crippen molar-refractivity contribution in [3.05, 3.63) is 73.6 Å². The van der Waals surface area contributed by atoms with Gasteiger partial charge < -0.3 is 14.3 Å². The van der Waals surface area contributed by atoms with E-state index in [1.54, 1.807) is 13.0 Å². The van der Waals surface area contributed by atoms with E-state index >= 15 is 0 Å². The van der Waals surface area contributed by atoms with Gasteiger partial charge in [-0.25, -0.2) is 4.79 Å². The summed E-state index contributed by atoms with van der Waals surface area (Å²) in [4.78, 5) is 27.0. The highest BCUT2D eigenvalue weighted by atomic mass is 32.2. The molecule has 0 bridgehead atoms. The second-order valence-corrected chi connectivity index (χ2v) is 7.51. The van der Waals surface area contributed by atoms with Gasteiger partial charge in [0.25, 0.3) is 0 Å². The Morgan fingerprint density at radius 1 is 1.41 bits per heavy atom. The number of esters is 1. The van der Waals surface area contributed by atoms with E-state index in [0.29, 0.717) is 16.4 Å². The topological polar surface area (TPSA) is 80.0 Å². The van der Waals surface area contributed by atoms with Crippen molar-refractivity contribution in [2.45, 2.75) is 18.4 Å². The third kappa shape index (κ3) is 3.02. The van der Waals surface area contributed by atoms with E-state index in [4.69, 9.17) is 9.15 Å². The van der Waals surface area contributed by atoms with Crippen molar-refractivity contribution in [2.24, 2.45) is 5.92 Å². The molecule has 3 aliphatic rings. The van der Waals surface area contributed by atoms with Gasteiger partial charge in [0, 0.05) is 5.92 Å². The molecule has 3 atom stereocenters. The number of β-lactam (4-membered cyclic amide) rings is 1. The van der Waals surface area contributed by atoms with E-state index in [2.05, 4.69) is 6.58 Å². The molecule has 7 heteroatoms. The molecule has 6 nitrogen and oxygen atoms in total. The zero-order valence-electron chi connectivity index (χ0n) is 14.6. The van der Waals surface area contributed by atoms with Crippen LogP contribution >= 0.6 is 11.8 Å². The lowest BCUT2D eigenvalue weighted by molar-refractivity contribution is -0.157. The van der Waals surface area contributed by atoms with E-state index in [1.807, 2.05) is 31.7 Å². The summed E-state index contributed by atoms with van der Waals surface area (Å²) in [5.41, 5.74) is 0.164. The molecule has 4 rings (SSSR count). The number of nitrogens with zero attached hydrogens (tertiary/aromatic N) is 1. The molecule has 1 saturated heterocycles. The standard InChI is InChI=1S/C20H18NO5S/c1-3-10-25-20(24)16-17(27-19-15(11(2)22)18(23)21(16)19)14-9-8-13(26-14)12-6-4-5-7-12/h3-9,11,15,19,22H,1,10H2,2H3/t11-,15+,19-/m1/s1. The van der Waals surface area contributed by atoms with Gasteiger partial charge in [0.05, 0.1) is 16.9 Å². The molecule has 3 heterocycles. The lowest BCUT2D eigenvalue weighted by Crippen LogP contribution is -2.60. The first-order valence-electron chi connectivity index (χ1n) is 8.55. The van der Waals surface area contributed by atoms with E-state index in [1.165, 1.54) is 22.7 Å². The zero-order chi connectivity index (χ0) is 19.1. The molecule has 1 aliphatic carbocycles. The van der Waals surface area contributed by atoms with Crippen molar-refractivity contribution < 1.29 is 23.8 Å². The Bertz CT molecular complexity index is 805. The number of fused-ring (bicyclic) bond motifs is 1. The van der Waals surface area contributed by atoms with Crippen molar-refractivity contribution in [1.29, 1.82) is 0 Å². The summed E-state index contributed by atoms with van der Waals surface area (Å²) in [6.07, 6.45) is 8.35. The van der Waals surface area contributed by atoms with Crippen LogP contribution in [0.1, 0.15) is 18.4 Å². The normalized spacial score (nSPS) is 26.1. The first-order chi connectivity index (χ1) is 13.0. The van der Waals surface area contributed by atoms with Crippen LogP contribution in [0.3, 0.4) is 0 Å². The van der Waals surface area contributed by atoms with Gasteiger partial charge in [-0.15, -0.1) is 0 Å². The molecule has 27 heavy (non-hydrogen) atoms. The van der Waals surface area contributed by atoms with Gasteiger partial charge in [-0.2, -0.15) is 0 Å². The Kier molecular flexibility index (Phi) is 4.90. The van der Waals surface area contributed by atoms with Crippen LogP contribution in [0.2, 0.25) is 0 Å². The van der Waals surface area contributed by atoms with Crippen molar-refractivity contribution in [2.75, 3.05) is 6.61 Å². The Hall–Kier alpha value is -1.99. The summed E-state index contributed by atoms with van der Waals surface area (Å²) < 4.78 is 11.1. The summed E-state index contributed by atoms with van der Waals surface area (Å²) in [5.74, 6) is 0.651. The van der Waals surface area contributed by atoms with E-state index in [0.717, 1.165) is 5.92 Å². The molecule has 1 amide bonds. The molecule has 1 aromatic rings. The van der Waals surface area contributed by atoms with Crippen LogP contribution in [0, 0.1) is 37.5 Å². The lowest BCUT2D eigenvalue weighted by Gasteiger charge is -2.43. The maximum Gasteiger partial charge on any atom is 0.356 e. The Morgan fingerprint density at radius 2 is 2.11 bits per heavy atom. The predicted octanol–water partition coefficient (Wildman–Crippen LogP) is 2.34. The van der Waals surface area contributed by atoms with Crippen molar-refractivity contribution >= 4 is 28.5 Å². The number of carbonyl (C=O) groups excluding carboxylic acids is 2. The van der Waals surface area contributed by atoms with Crippen LogP contribution in [-0.4, -0.2) is 40.0 Å². The van der Waals surface area contributed by atoms with Crippen LogP contribution in [-0.2, 0) is 14.3 Å². The smallest absolute Gasteiger partial charge is 0.356 e. The second-order valence-electron chi connectivity index (χ2n) is 6.39. The number of furan rings is 1. The number of aliphatic hydroxyl groups is 1. The molecule has 0 spiro atoms. The van der Waals surface area contributed by atoms with Gasteiger partial charge in [-0.05, 0) is 44.7 Å². The van der Waals surface area contributed by atoms with Crippen LogP contribution in [0.5, 0.6) is 0 Å². The average Bonchev–Trinajstić information content (AvgIpc) is 3.35. The monoisotopic (exact) mass is 384 g/mol. The number of hydrogen-bond acceptors (Lipinski definition) is 6. The third-order valence-corrected chi connectivity index (χ3v) is 5.98. The lowest BCUT2D eigenvalue weighted by atomic mass is 9.92. The summed E-state index contributed by atoms with van der Waals surface area (Å²) in [6.45, 7) is 5.16. The Labute approximate surface area is 162 Å². The maximum atomic E-state index is 12.6. The van der Waals surface area contributed by atoms with Gasteiger partial charge in [0.2, 0.25) is 5.91 Å². The Morgan fingerprint density at radius 3 is 2.78 bits per heavy atom. The molecular weight excluding hydrogens is 366 g/mol. The molecule has 1 saturated carbocycles. The SMILES string of the molecule is C=CCOC(=O)C1=C(c2ccc([C]3[CH][CH][CH][CH]3)o2)S[C@@H]2[C@@H]([C@@H](C)O)C(=O)N12. The highest BCUT2D eigenvalue weighted by Gasteiger charge is 2.58. The predicted molar refractivity (Wildman–Crippen MR) is 99.7 cm³/mol. The quantitative estimate of drug-likeness (QED) is 0.461. The minimum Gasteiger partial charge on any atom is -0.460 e. The Balaban J connectivity index is 1.67. The highest BCUT2D eigenvalue weighted by Crippen LogP contribution is 2.54. The molecule has 2 fully saturated rings. The molecule has 1 aromatic heterocycles. The van der Waals surface area contributed by atoms with Crippen LogP contribution in [0.15, 0.2) is 34.9 Å². The van der Waals surface area contributed by atoms with Crippen LogP contribution in [0.4, 0.5) is 0 Å². The molecule has 2 aliphatic heterocycles. The number of aliphatic hydroxyl groups excluding tert-OH is 1. The van der Waals surface area contributed by atoms with E-state index in [9.17, 15) is 14.7 Å². The third-order valence-electron chi connectivity index (χ3n) is 4.60. The fraction of sp³-hybridized carbons (Fsp3) is 0.250. The molecule has 0 aromatic carbocycles. The minimum absolute atomic E-state index is 0.0454.